The first-order chi connectivity index (χ1) is 13.9. The average molecular weight is 361 g/mol. The smallest absolute Gasteiger partial charge is 0.135 e. The summed E-state index contributed by atoms with van der Waals surface area (Å²) in [7, 11) is 0. The molecule has 0 saturated carbocycles. The summed E-state index contributed by atoms with van der Waals surface area (Å²) in [5, 5.41) is 1.12. The molecule has 4 aromatic carbocycles. The minimum absolute atomic E-state index is 0.879. The molecule has 0 atom stereocenters. The van der Waals surface area contributed by atoms with Crippen molar-refractivity contribution in [2.24, 2.45) is 0 Å². The molecule has 0 aliphatic carbocycles. The van der Waals surface area contributed by atoms with Crippen LogP contribution in [0.2, 0.25) is 0 Å². The summed E-state index contributed by atoms with van der Waals surface area (Å²) in [4.78, 5) is 2.26. The topological polar surface area (TPSA) is 16.4 Å². The highest BCUT2D eigenvalue weighted by Gasteiger charge is 2.13. The lowest BCUT2D eigenvalue weighted by Gasteiger charge is -2.25. The molecule has 2 heteroatoms. The second-order valence-corrected chi connectivity index (χ2v) is 6.71. The lowest BCUT2D eigenvalue weighted by atomic mass is 10.1. The molecule has 0 unspecified atom stereocenters. The van der Waals surface area contributed by atoms with E-state index in [1.54, 1.807) is 0 Å². The van der Waals surface area contributed by atoms with Crippen molar-refractivity contribution in [3.63, 3.8) is 0 Å². The summed E-state index contributed by atoms with van der Waals surface area (Å²) in [6, 6.07) is 39.5. The number of hydrogen-bond acceptors (Lipinski definition) is 2. The van der Waals surface area contributed by atoms with Crippen LogP contribution in [0.25, 0.3) is 22.3 Å². The minimum atomic E-state index is 0.879. The van der Waals surface area contributed by atoms with Crippen LogP contribution in [0.15, 0.2) is 120 Å². The van der Waals surface area contributed by atoms with Crippen molar-refractivity contribution >= 4 is 28.0 Å². The molecule has 134 valence electrons. The van der Waals surface area contributed by atoms with Gasteiger partial charge in [0.15, 0.2) is 0 Å². The van der Waals surface area contributed by atoms with E-state index in [9.17, 15) is 0 Å². The second kappa shape index (κ2) is 7.09. The van der Waals surface area contributed by atoms with E-state index in [1.807, 2.05) is 30.3 Å². The van der Waals surface area contributed by atoms with Crippen LogP contribution in [0.1, 0.15) is 0 Å². The Kier molecular flexibility index (Phi) is 4.15. The number of benzene rings is 4. The number of anilines is 3. The minimum Gasteiger partial charge on any atom is -0.456 e. The highest BCUT2D eigenvalue weighted by molar-refractivity contribution is 5.84. The SMILES string of the molecule is c1ccc(N(c2ccccc2)c2cccc(-c3cc4ccccc4o3)c2)cc1. The fraction of sp³-hybridized carbons (Fsp3) is 0. The molecule has 2 nitrogen and oxygen atoms in total. The maximum absolute atomic E-state index is 6.08. The normalized spacial score (nSPS) is 10.9. The maximum atomic E-state index is 6.08. The van der Waals surface area contributed by atoms with Gasteiger partial charge in [-0.05, 0) is 48.5 Å². The Morgan fingerprint density at radius 1 is 0.500 bits per heavy atom. The van der Waals surface area contributed by atoms with Crippen molar-refractivity contribution < 1.29 is 4.42 Å². The summed E-state index contributed by atoms with van der Waals surface area (Å²) in [5.41, 5.74) is 5.30. The van der Waals surface area contributed by atoms with Crippen LogP contribution in [-0.4, -0.2) is 0 Å². The van der Waals surface area contributed by atoms with Gasteiger partial charge in [0.1, 0.15) is 11.3 Å². The zero-order chi connectivity index (χ0) is 18.8. The Balaban J connectivity index is 1.63. The van der Waals surface area contributed by atoms with Gasteiger partial charge in [0, 0.05) is 28.0 Å². The van der Waals surface area contributed by atoms with Gasteiger partial charge in [-0.3, -0.25) is 0 Å². The van der Waals surface area contributed by atoms with Gasteiger partial charge in [0.25, 0.3) is 0 Å². The van der Waals surface area contributed by atoms with Gasteiger partial charge < -0.3 is 9.32 Å². The van der Waals surface area contributed by atoms with E-state index in [0.29, 0.717) is 0 Å². The maximum Gasteiger partial charge on any atom is 0.135 e. The van der Waals surface area contributed by atoms with Gasteiger partial charge in [0.2, 0.25) is 0 Å². The van der Waals surface area contributed by atoms with E-state index >= 15 is 0 Å². The van der Waals surface area contributed by atoms with E-state index < -0.39 is 0 Å². The Morgan fingerprint density at radius 3 is 1.79 bits per heavy atom. The lowest BCUT2D eigenvalue weighted by molar-refractivity contribution is 0.631. The highest BCUT2D eigenvalue weighted by Crippen LogP contribution is 2.37. The van der Waals surface area contributed by atoms with Gasteiger partial charge in [-0.25, -0.2) is 0 Å². The number of para-hydroxylation sites is 3. The van der Waals surface area contributed by atoms with Crippen molar-refractivity contribution in [3.8, 4) is 11.3 Å². The number of hydrogen-bond donors (Lipinski definition) is 0. The van der Waals surface area contributed by atoms with Crippen LogP contribution in [0.5, 0.6) is 0 Å². The molecule has 0 aliphatic heterocycles. The van der Waals surface area contributed by atoms with Gasteiger partial charge >= 0.3 is 0 Å². The predicted octanol–water partition coefficient (Wildman–Crippen LogP) is 7.57. The first-order valence-corrected chi connectivity index (χ1v) is 9.38. The third-order valence-electron chi connectivity index (χ3n) is 4.84. The van der Waals surface area contributed by atoms with Crippen LogP contribution in [0, 0.1) is 0 Å². The van der Waals surface area contributed by atoms with Crippen LogP contribution < -0.4 is 4.90 Å². The number of rotatable bonds is 4. The molecule has 1 heterocycles. The highest BCUT2D eigenvalue weighted by atomic mass is 16.3. The quantitative estimate of drug-likeness (QED) is 0.328. The first kappa shape index (κ1) is 16.4. The predicted molar refractivity (Wildman–Crippen MR) is 116 cm³/mol. The van der Waals surface area contributed by atoms with Crippen molar-refractivity contribution in [2.75, 3.05) is 4.90 Å². The van der Waals surface area contributed by atoms with E-state index in [2.05, 4.69) is 89.8 Å². The van der Waals surface area contributed by atoms with Gasteiger partial charge in [-0.2, -0.15) is 0 Å². The van der Waals surface area contributed by atoms with Crippen LogP contribution in [-0.2, 0) is 0 Å². The molecule has 0 spiro atoms. The molecule has 0 fully saturated rings. The van der Waals surface area contributed by atoms with Crippen LogP contribution >= 0.6 is 0 Å². The third kappa shape index (κ3) is 3.06. The summed E-state index contributed by atoms with van der Waals surface area (Å²) in [6.45, 7) is 0. The van der Waals surface area contributed by atoms with E-state index in [1.165, 1.54) is 0 Å². The standard InChI is InChI=1S/C26H19NO/c1-3-12-22(13-4-1)27(23-14-5-2-6-15-23)24-16-9-11-20(18-24)26-19-21-10-7-8-17-25(21)28-26/h1-19H. The van der Waals surface area contributed by atoms with Gasteiger partial charge in [-0.15, -0.1) is 0 Å². The Hall–Kier alpha value is -3.78. The number of fused-ring (bicyclic) bond motifs is 1. The Morgan fingerprint density at radius 2 is 1.11 bits per heavy atom. The molecule has 0 N–H and O–H groups in total. The van der Waals surface area contributed by atoms with Crippen molar-refractivity contribution in [1.29, 1.82) is 0 Å². The average Bonchev–Trinajstić information content (AvgIpc) is 3.20. The fourth-order valence-electron chi connectivity index (χ4n) is 3.52. The fourth-order valence-corrected chi connectivity index (χ4v) is 3.52. The Labute approximate surface area is 164 Å². The third-order valence-corrected chi connectivity index (χ3v) is 4.84. The molecule has 0 amide bonds. The van der Waals surface area contributed by atoms with E-state index in [-0.39, 0.29) is 0 Å². The van der Waals surface area contributed by atoms with Crippen molar-refractivity contribution in [2.45, 2.75) is 0 Å². The number of furan rings is 1. The van der Waals surface area contributed by atoms with Gasteiger partial charge in [0.05, 0.1) is 0 Å². The molecule has 5 aromatic rings. The molecule has 0 radical (unpaired) electrons. The molecule has 1 aromatic heterocycles. The second-order valence-electron chi connectivity index (χ2n) is 6.71. The van der Waals surface area contributed by atoms with Crippen molar-refractivity contribution in [3.05, 3.63) is 115 Å². The molecule has 0 saturated heterocycles. The molecular weight excluding hydrogens is 342 g/mol. The molecular formula is C26H19NO. The molecule has 28 heavy (non-hydrogen) atoms. The van der Waals surface area contributed by atoms with Gasteiger partial charge in [-0.1, -0.05) is 66.7 Å². The van der Waals surface area contributed by atoms with Crippen molar-refractivity contribution in [1.82, 2.24) is 0 Å². The first-order valence-electron chi connectivity index (χ1n) is 9.38. The molecule has 0 bridgehead atoms. The summed E-state index contributed by atoms with van der Waals surface area (Å²) in [5.74, 6) is 0.879. The summed E-state index contributed by atoms with van der Waals surface area (Å²) >= 11 is 0. The zero-order valence-corrected chi connectivity index (χ0v) is 15.3. The molecule has 0 aliphatic rings. The largest absolute Gasteiger partial charge is 0.456 e. The molecule has 5 rings (SSSR count). The van der Waals surface area contributed by atoms with Crippen LogP contribution in [0.4, 0.5) is 17.1 Å². The zero-order valence-electron chi connectivity index (χ0n) is 15.3. The van der Waals surface area contributed by atoms with E-state index in [4.69, 9.17) is 4.42 Å². The summed E-state index contributed by atoms with van der Waals surface area (Å²) in [6.07, 6.45) is 0. The van der Waals surface area contributed by atoms with Crippen LogP contribution in [0.3, 0.4) is 0 Å². The lowest BCUT2D eigenvalue weighted by Crippen LogP contribution is -2.09. The summed E-state index contributed by atoms with van der Waals surface area (Å²) < 4.78 is 6.08. The monoisotopic (exact) mass is 361 g/mol. The van der Waals surface area contributed by atoms with E-state index in [0.717, 1.165) is 39.4 Å². The number of nitrogens with zero attached hydrogens (tertiary/aromatic N) is 1. The Bertz CT molecular complexity index is 1140.